The van der Waals surface area contributed by atoms with Gasteiger partial charge >= 0.3 is 6.09 Å². The first-order valence-electron chi connectivity index (χ1n) is 10.4. The zero-order chi connectivity index (χ0) is 24.5. The fraction of sp³-hybridized carbons (Fsp3) is 0.318. The van der Waals surface area contributed by atoms with Crippen LogP contribution in [0.1, 0.15) is 37.0 Å². The van der Waals surface area contributed by atoms with E-state index < -0.39 is 23.6 Å². The first-order chi connectivity index (χ1) is 16.2. The van der Waals surface area contributed by atoms with Crippen LogP contribution in [-0.4, -0.2) is 37.0 Å². The van der Waals surface area contributed by atoms with Crippen molar-refractivity contribution in [2.75, 3.05) is 10.6 Å². The summed E-state index contributed by atoms with van der Waals surface area (Å²) in [6.07, 6.45) is 2.16. The minimum absolute atomic E-state index is 0.155. The van der Waals surface area contributed by atoms with Crippen LogP contribution in [0, 0.1) is 29.6 Å². The number of aryl methyl sites for hydroxylation is 2. The Balaban J connectivity index is 1.46. The van der Waals surface area contributed by atoms with Crippen LogP contribution in [0.15, 0.2) is 30.6 Å². The average Bonchev–Trinajstić information content (AvgIpc) is 3.54. The monoisotopic (exact) mass is 464 g/mol. The lowest BCUT2D eigenvalue weighted by Crippen LogP contribution is -2.22. The van der Waals surface area contributed by atoms with Gasteiger partial charge in [0.2, 0.25) is 11.9 Å². The van der Waals surface area contributed by atoms with Gasteiger partial charge in [-0.05, 0) is 50.5 Å². The van der Waals surface area contributed by atoms with E-state index in [1.807, 2.05) is 6.07 Å². The van der Waals surface area contributed by atoms with Gasteiger partial charge in [0.1, 0.15) is 11.5 Å². The van der Waals surface area contributed by atoms with Gasteiger partial charge < -0.3 is 10.1 Å². The summed E-state index contributed by atoms with van der Waals surface area (Å²) in [6, 6.07) is 6.80. The van der Waals surface area contributed by atoms with Gasteiger partial charge in [0, 0.05) is 18.8 Å². The molecule has 12 heteroatoms. The van der Waals surface area contributed by atoms with Crippen molar-refractivity contribution >= 4 is 23.5 Å². The summed E-state index contributed by atoms with van der Waals surface area (Å²) in [7, 11) is 1.57. The second-order valence-corrected chi connectivity index (χ2v) is 8.06. The number of halogens is 1. The average molecular weight is 464 g/mol. The van der Waals surface area contributed by atoms with Crippen molar-refractivity contribution in [1.29, 1.82) is 5.26 Å². The Morgan fingerprint density at radius 2 is 2.03 bits per heavy atom. The first kappa shape index (κ1) is 22.8. The number of rotatable bonds is 6. The third-order valence-corrected chi connectivity index (χ3v) is 5.43. The predicted molar refractivity (Wildman–Crippen MR) is 118 cm³/mol. The van der Waals surface area contributed by atoms with Gasteiger partial charge in [0.15, 0.2) is 11.5 Å². The maximum atomic E-state index is 14.0. The summed E-state index contributed by atoms with van der Waals surface area (Å²) in [5, 5.41) is 22.3. The molecule has 0 aromatic carbocycles. The molecule has 0 spiro atoms. The molecular weight excluding hydrogens is 443 g/mol. The van der Waals surface area contributed by atoms with E-state index in [9.17, 15) is 14.0 Å². The number of hydrogen-bond acceptors (Lipinski definition) is 8. The third-order valence-electron chi connectivity index (χ3n) is 5.43. The highest BCUT2D eigenvalue weighted by molar-refractivity contribution is 5.99. The van der Waals surface area contributed by atoms with Gasteiger partial charge in [-0.25, -0.2) is 14.5 Å². The topological polar surface area (TPSA) is 148 Å². The van der Waals surface area contributed by atoms with E-state index in [2.05, 4.69) is 30.9 Å². The molecule has 34 heavy (non-hydrogen) atoms. The molecule has 3 aromatic rings. The van der Waals surface area contributed by atoms with Gasteiger partial charge in [-0.1, -0.05) is 5.21 Å². The zero-order valence-electron chi connectivity index (χ0n) is 18.7. The fourth-order valence-electron chi connectivity index (χ4n) is 3.25. The minimum Gasteiger partial charge on any atom is -0.441 e. The van der Waals surface area contributed by atoms with Gasteiger partial charge in [-0.2, -0.15) is 9.65 Å². The molecule has 0 bridgehead atoms. The molecule has 3 aromatic heterocycles. The Kier molecular flexibility index (Phi) is 5.93. The van der Waals surface area contributed by atoms with E-state index >= 15 is 0 Å². The molecule has 0 aliphatic heterocycles. The molecule has 1 saturated carbocycles. The van der Waals surface area contributed by atoms with Crippen LogP contribution in [0.2, 0.25) is 0 Å². The summed E-state index contributed by atoms with van der Waals surface area (Å²) < 4.78 is 20.6. The minimum atomic E-state index is -0.949. The van der Waals surface area contributed by atoms with E-state index in [4.69, 9.17) is 10.00 Å². The SMILES string of the molecule is Cc1cnc(F)c([C@@H](C)OC(=O)Nc2c(-c3ccc(NC(=O)C4(C#N)CC4)cn3)nnn2C)c1. The van der Waals surface area contributed by atoms with Crippen LogP contribution in [0.5, 0.6) is 0 Å². The van der Waals surface area contributed by atoms with E-state index in [0.717, 1.165) is 5.56 Å². The molecule has 1 atom stereocenters. The number of carbonyl (C=O) groups is 2. The van der Waals surface area contributed by atoms with E-state index in [1.54, 1.807) is 32.2 Å². The third kappa shape index (κ3) is 4.54. The highest BCUT2D eigenvalue weighted by atomic mass is 19.1. The summed E-state index contributed by atoms with van der Waals surface area (Å²) in [5.74, 6) is -0.859. The number of amides is 2. The zero-order valence-corrected chi connectivity index (χ0v) is 18.7. The first-order valence-corrected chi connectivity index (χ1v) is 10.4. The summed E-state index contributed by atoms with van der Waals surface area (Å²) in [5.41, 5.74) is 1.01. The maximum Gasteiger partial charge on any atom is 0.413 e. The number of nitrogens with zero attached hydrogens (tertiary/aromatic N) is 6. The lowest BCUT2D eigenvalue weighted by atomic mass is 10.1. The lowest BCUT2D eigenvalue weighted by Gasteiger charge is -2.15. The molecule has 174 valence electrons. The van der Waals surface area contributed by atoms with Crippen LogP contribution in [-0.2, 0) is 16.6 Å². The molecule has 0 radical (unpaired) electrons. The van der Waals surface area contributed by atoms with Crippen molar-refractivity contribution in [3.05, 3.63) is 47.7 Å². The molecule has 1 aliphatic carbocycles. The fourth-order valence-corrected chi connectivity index (χ4v) is 3.25. The van der Waals surface area contributed by atoms with Gasteiger partial charge in [0.25, 0.3) is 0 Å². The van der Waals surface area contributed by atoms with Crippen LogP contribution < -0.4 is 10.6 Å². The Hall–Kier alpha value is -4.40. The molecule has 1 aliphatic rings. The number of nitrogens with one attached hydrogen (secondary N) is 2. The van der Waals surface area contributed by atoms with Crippen molar-refractivity contribution < 1.29 is 18.7 Å². The Morgan fingerprint density at radius 3 is 2.68 bits per heavy atom. The standard InChI is InChI=1S/C22H21FN8O3/c1-12-8-15(18(23)26-9-12)13(2)34-21(33)28-19-17(29-30-31(19)3)16-5-4-14(10-25-16)27-20(32)22(11-24)6-7-22/h4-5,8-10,13H,6-7H2,1-3H3,(H,27,32)(H,28,33)/t13-/m1/s1. The van der Waals surface area contributed by atoms with Crippen molar-refractivity contribution in [3.8, 4) is 17.5 Å². The van der Waals surface area contributed by atoms with E-state index in [1.165, 1.54) is 24.0 Å². The normalized spacial score (nSPS) is 14.6. The summed E-state index contributed by atoms with van der Waals surface area (Å²) in [6.45, 7) is 3.29. The number of carbonyl (C=O) groups excluding carboxylic acids is 2. The van der Waals surface area contributed by atoms with Crippen molar-refractivity contribution in [2.24, 2.45) is 12.5 Å². The number of aromatic nitrogens is 5. The van der Waals surface area contributed by atoms with Crippen LogP contribution in [0.4, 0.5) is 20.7 Å². The number of anilines is 2. The number of hydrogen-bond donors (Lipinski definition) is 2. The van der Waals surface area contributed by atoms with E-state index in [0.29, 0.717) is 24.2 Å². The van der Waals surface area contributed by atoms with Crippen LogP contribution >= 0.6 is 0 Å². The molecule has 2 amide bonds. The van der Waals surface area contributed by atoms with E-state index in [-0.39, 0.29) is 23.0 Å². The summed E-state index contributed by atoms with van der Waals surface area (Å²) >= 11 is 0. The van der Waals surface area contributed by atoms with Crippen molar-refractivity contribution in [1.82, 2.24) is 25.0 Å². The quantitative estimate of drug-likeness (QED) is 0.528. The molecule has 11 nitrogen and oxygen atoms in total. The van der Waals surface area contributed by atoms with Crippen molar-refractivity contribution in [2.45, 2.75) is 32.8 Å². The Morgan fingerprint density at radius 1 is 1.26 bits per heavy atom. The highest BCUT2D eigenvalue weighted by Gasteiger charge is 2.50. The predicted octanol–water partition coefficient (Wildman–Crippen LogP) is 3.27. The highest BCUT2D eigenvalue weighted by Crippen LogP contribution is 2.45. The summed E-state index contributed by atoms with van der Waals surface area (Å²) in [4.78, 5) is 32.6. The number of pyridine rings is 2. The molecule has 4 rings (SSSR count). The molecule has 0 unspecified atom stereocenters. The Labute approximate surface area is 194 Å². The molecule has 2 N–H and O–H groups in total. The molecule has 0 saturated heterocycles. The van der Waals surface area contributed by atoms with Gasteiger partial charge in [-0.3, -0.25) is 15.1 Å². The number of nitriles is 1. The van der Waals surface area contributed by atoms with Crippen LogP contribution in [0.3, 0.4) is 0 Å². The van der Waals surface area contributed by atoms with Gasteiger partial charge in [-0.15, -0.1) is 5.10 Å². The molecule has 1 fully saturated rings. The largest absolute Gasteiger partial charge is 0.441 e. The second-order valence-electron chi connectivity index (χ2n) is 8.06. The van der Waals surface area contributed by atoms with Gasteiger partial charge in [0.05, 0.1) is 23.6 Å². The maximum absolute atomic E-state index is 14.0. The Bertz CT molecular complexity index is 1290. The van der Waals surface area contributed by atoms with Crippen molar-refractivity contribution in [3.63, 3.8) is 0 Å². The second kappa shape index (κ2) is 8.86. The lowest BCUT2D eigenvalue weighted by molar-refractivity contribution is -0.119. The van der Waals surface area contributed by atoms with Crippen LogP contribution in [0.25, 0.3) is 11.4 Å². The smallest absolute Gasteiger partial charge is 0.413 e. The number of ether oxygens (including phenoxy) is 1. The molecule has 3 heterocycles. The molecular formula is C22H21FN8O3.